The number of carbonyl (C=O) groups is 3. The first-order chi connectivity index (χ1) is 16.7. The molecule has 2 aromatic carbocycles. The van der Waals surface area contributed by atoms with E-state index in [0.717, 1.165) is 12.8 Å². The van der Waals surface area contributed by atoms with Gasteiger partial charge in [-0.05, 0) is 40.5 Å². The number of carboxylic acid groups (broad SMARTS) is 1. The third-order valence-corrected chi connectivity index (χ3v) is 6.45. The van der Waals surface area contributed by atoms with Gasteiger partial charge in [-0.15, -0.1) is 0 Å². The summed E-state index contributed by atoms with van der Waals surface area (Å²) in [5.41, 5.74) is 4.41. The van der Waals surface area contributed by atoms with Crippen molar-refractivity contribution in [3.63, 3.8) is 0 Å². The number of fused-ring (bicyclic) bond motifs is 3. The van der Waals surface area contributed by atoms with Gasteiger partial charge in [0.25, 0.3) is 0 Å². The van der Waals surface area contributed by atoms with Crippen molar-refractivity contribution < 1.29 is 24.2 Å². The van der Waals surface area contributed by atoms with Crippen molar-refractivity contribution in [1.82, 2.24) is 10.6 Å². The standard InChI is InChI=1S/C28H36N2O5/c1-28(2,3)24(17-26(32)33)30-25(31)15-5-4-10-16-29-27(34)35-18-23-21-13-8-6-11-19(21)20-12-7-9-14-22(20)23/h6-9,11-14,23-24H,4-5,10,15-18H2,1-3H3,(H,29,34)(H,30,31)(H,32,33). The summed E-state index contributed by atoms with van der Waals surface area (Å²) in [6.07, 6.45) is 1.97. The van der Waals surface area contributed by atoms with E-state index in [2.05, 4.69) is 34.9 Å². The smallest absolute Gasteiger partial charge is 0.407 e. The lowest BCUT2D eigenvalue weighted by molar-refractivity contribution is -0.138. The monoisotopic (exact) mass is 480 g/mol. The Morgan fingerprint density at radius 3 is 2.11 bits per heavy atom. The van der Waals surface area contributed by atoms with Crippen LogP contribution in [0, 0.1) is 5.41 Å². The normalized spacial score (nSPS) is 13.5. The third kappa shape index (κ3) is 7.31. The minimum absolute atomic E-state index is 0.0321. The number of carbonyl (C=O) groups excluding carboxylic acids is 2. The van der Waals surface area contributed by atoms with E-state index >= 15 is 0 Å². The molecule has 1 atom stereocenters. The first-order valence-corrected chi connectivity index (χ1v) is 12.3. The summed E-state index contributed by atoms with van der Waals surface area (Å²) in [6, 6.07) is 16.0. The molecule has 2 amide bonds. The highest BCUT2D eigenvalue weighted by molar-refractivity contribution is 5.79. The first-order valence-electron chi connectivity index (χ1n) is 12.3. The number of alkyl carbamates (subject to hydrolysis) is 1. The second-order valence-electron chi connectivity index (χ2n) is 10.1. The van der Waals surface area contributed by atoms with E-state index in [1.165, 1.54) is 22.3 Å². The average Bonchev–Trinajstić information content (AvgIpc) is 3.12. The number of hydrogen-bond donors (Lipinski definition) is 3. The molecular weight excluding hydrogens is 444 g/mol. The van der Waals surface area contributed by atoms with Crippen LogP contribution in [0.1, 0.15) is 69.9 Å². The highest BCUT2D eigenvalue weighted by Crippen LogP contribution is 2.44. The largest absolute Gasteiger partial charge is 0.481 e. The number of aliphatic carboxylic acids is 1. The summed E-state index contributed by atoms with van der Waals surface area (Å²) in [6.45, 7) is 6.49. The van der Waals surface area contributed by atoms with Gasteiger partial charge < -0.3 is 20.5 Å². The van der Waals surface area contributed by atoms with Gasteiger partial charge in [0.15, 0.2) is 0 Å². The molecule has 0 aliphatic heterocycles. The van der Waals surface area contributed by atoms with Crippen molar-refractivity contribution in [2.75, 3.05) is 13.2 Å². The zero-order chi connectivity index (χ0) is 25.4. The molecule has 1 unspecified atom stereocenters. The fourth-order valence-electron chi connectivity index (χ4n) is 4.44. The van der Waals surface area contributed by atoms with Crippen LogP contribution in [-0.4, -0.2) is 42.3 Å². The van der Waals surface area contributed by atoms with Crippen molar-refractivity contribution in [2.24, 2.45) is 5.41 Å². The number of ether oxygens (including phenoxy) is 1. The van der Waals surface area contributed by atoms with E-state index in [0.29, 0.717) is 19.4 Å². The van der Waals surface area contributed by atoms with E-state index in [1.807, 2.05) is 45.0 Å². The van der Waals surface area contributed by atoms with Crippen LogP contribution in [0.3, 0.4) is 0 Å². The molecule has 0 aromatic heterocycles. The van der Waals surface area contributed by atoms with E-state index in [1.54, 1.807) is 0 Å². The molecule has 3 rings (SSSR count). The summed E-state index contributed by atoms with van der Waals surface area (Å²) in [7, 11) is 0. The maximum Gasteiger partial charge on any atom is 0.407 e. The molecule has 0 bridgehead atoms. The minimum atomic E-state index is -0.926. The molecule has 188 valence electrons. The number of rotatable bonds is 11. The second kappa shape index (κ2) is 11.9. The Kier molecular flexibility index (Phi) is 8.90. The molecular formula is C28H36N2O5. The van der Waals surface area contributed by atoms with Crippen molar-refractivity contribution in [2.45, 2.75) is 64.8 Å². The third-order valence-electron chi connectivity index (χ3n) is 6.45. The zero-order valence-electron chi connectivity index (χ0n) is 20.8. The van der Waals surface area contributed by atoms with E-state index in [9.17, 15) is 14.4 Å². The molecule has 0 radical (unpaired) electrons. The van der Waals surface area contributed by atoms with Gasteiger partial charge in [-0.3, -0.25) is 9.59 Å². The number of nitrogens with one attached hydrogen (secondary N) is 2. The topological polar surface area (TPSA) is 105 Å². The fourth-order valence-corrected chi connectivity index (χ4v) is 4.44. The molecule has 7 heteroatoms. The van der Waals surface area contributed by atoms with Crippen LogP contribution in [-0.2, 0) is 14.3 Å². The molecule has 35 heavy (non-hydrogen) atoms. The summed E-state index contributed by atoms with van der Waals surface area (Å²) in [4.78, 5) is 35.5. The Labute approximate surface area is 207 Å². The van der Waals surface area contributed by atoms with E-state index in [4.69, 9.17) is 9.84 Å². The minimum Gasteiger partial charge on any atom is -0.481 e. The van der Waals surface area contributed by atoms with Gasteiger partial charge in [-0.2, -0.15) is 0 Å². The van der Waals surface area contributed by atoms with Crippen LogP contribution in [0.5, 0.6) is 0 Å². The number of hydrogen-bond acceptors (Lipinski definition) is 4. The SMILES string of the molecule is CC(C)(C)C(CC(=O)O)NC(=O)CCCCCNC(=O)OCC1c2ccccc2-c2ccccc21. The number of unbranched alkanes of at least 4 members (excludes halogenated alkanes) is 2. The number of benzene rings is 2. The zero-order valence-corrected chi connectivity index (χ0v) is 20.8. The molecule has 0 saturated carbocycles. The van der Waals surface area contributed by atoms with Crippen molar-refractivity contribution in [3.8, 4) is 11.1 Å². The number of carboxylic acids is 1. The number of amides is 2. The summed E-state index contributed by atoms with van der Waals surface area (Å²) in [5.74, 6) is -1.04. The van der Waals surface area contributed by atoms with Crippen LogP contribution < -0.4 is 10.6 Å². The van der Waals surface area contributed by atoms with E-state index < -0.39 is 18.1 Å². The molecule has 0 spiro atoms. The Morgan fingerprint density at radius 1 is 0.943 bits per heavy atom. The van der Waals surface area contributed by atoms with Gasteiger partial charge in [-0.25, -0.2) is 4.79 Å². The lowest BCUT2D eigenvalue weighted by Crippen LogP contribution is -2.45. The molecule has 7 nitrogen and oxygen atoms in total. The lowest BCUT2D eigenvalue weighted by atomic mass is 9.84. The van der Waals surface area contributed by atoms with Gasteiger partial charge in [0.2, 0.25) is 5.91 Å². The van der Waals surface area contributed by atoms with Gasteiger partial charge in [-0.1, -0.05) is 75.7 Å². The van der Waals surface area contributed by atoms with Crippen LogP contribution in [0.2, 0.25) is 0 Å². The van der Waals surface area contributed by atoms with Gasteiger partial charge in [0.1, 0.15) is 6.61 Å². The van der Waals surface area contributed by atoms with Crippen LogP contribution in [0.25, 0.3) is 11.1 Å². The van der Waals surface area contributed by atoms with Crippen molar-refractivity contribution >= 4 is 18.0 Å². The van der Waals surface area contributed by atoms with Crippen LogP contribution >= 0.6 is 0 Å². The summed E-state index contributed by atoms with van der Waals surface area (Å²) >= 11 is 0. The van der Waals surface area contributed by atoms with Gasteiger partial charge in [0.05, 0.1) is 6.42 Å². The molecule has 0 fully saturated rings. The predicted molar refractivity (Wildman–Crippen MR) is 135 cm³/mol. The molecule has 0 saturated heterocycles. The Morgan fingerprint density at radius 2 is 1.54 bits per heavy atom. The van der Waals surface area contributed by atoms with Crippen LogP contribution in [0.4, 0.5) is 4.79 Å². The van der Waals surface area contributed by atoms with Gasteiger partial charge >= 0.3 is 12.1 Å². The molecule has 2 aromatic rings. The van der Waals surface area contributed by atoms with Crippen molar-refractivity contribution in [1.29, 1.82) is 0 Å². The van der Waals surface area contributed by atoms with Crippen molar-refractivity contribution in [3.05, 3.63) is 59.7 Å². The molecule has 1 aliphatic carbocycles. The first kappa shape index (κ1) is 26.3. The quantitative estimate of drug-likeness (QED) is 0.389. The summed E-state index contributed by atoms with van der Waals surface area (Å²) < 4.78 is 5.53. The van der Waals surface area contributed by atoms with Crippen LogP contribution in [0.15, 0.2) is 48.5 Å². The second-order valence-corrected chi connectivity index (χ2v) is 10.1. The highest BCUT2D eigenvalue weighted by atomic mass is 16.5. The fraction of sp³-hybridized carbons (Fsp3) is 0.464. The highest BCUT2D eigenvalue weighted by Gasteiger charge is 2.29. The Bertz CT molecular complexity index is 998. The molecule has 1 aliphatic rings. The maximum atomic E-state index is 12.2. The van der Waals surface area contributed by atoms with E-state index in [-0.39, 0.29) is 30.3 Å². The maximum absolute atomic E-state index is 12.2. The Hall–Kier alpha value is -3.35. The predicted octanol–water partition coefficient (Wildman–Crippen LogP) is 5.09. The lowest BCUT2D eigenvalue weighted by Gasteiger charge is -2.30. The molecule has 3 N–H and O–H groups in total. The van der Waals surface area contributed by atoms with Gasteiger partial charge in [0, 0.05) is 24.9 Å². The summed E-state index contributed by atoms with van der Waals surface area (Å²) in [5, 5.41) is 14.7. The Balaban J connectivity index is 1.34. The molecule has 0 heterocycles. The average molecular weight is 481 g/mol.